The van der Waals surface area contributed by atoms with Crippen molar-refractivity contribution in [1.82, 2.24) is 4.90 Å². The molecule has 0 atom stereocenters. The number of benzene rings is 1. The van der Waals surface area contributed by atoms with Crippen LogP contribution < -0.4 is 11.1 Å². The number of nitrogens with two attached hydrogens (primary N) is 1. The summed E-state index contributed by atoms with van der Waals surface area (Å²) in [7, 11) is 1.86. The van der Waals surface area contributed by atoms with Gasteiger partial charge in [-0.1, -0.05) is 20.8 Å². The van der Waals surface area contributed by atoms with E-state index in [4.69, 9.17) is 5.73 Å². The minimum atomic E-state index is -0.485. The van der Waals surface area contributed by atoms with Crippen molar-refractivity contribution in [2.75, 3.05) is 31.2 Å². The summed E-state index contributed by atoms with van der Waals surface area (Å²) < 4.78 is 13.5. The molecule has 0 unspecified atom stereocenters. The first-order valence-electron chi connectivity index (χ1n) is 6.21. The van der Waals surface area contributed by atoms with E-state index in [1.165, 1.54) is 18.2 Å². The number of rotatable bonds is 4. The molecule has 0 saturated heterocycles. The highest BCUT2D eigenvalue weighted by atomic mass is 19.1. The van der Waals surface area contributed by atoms with Crippen molar-refractivity contribution >= 4 is 17.3 Å². The Hall–Kier alpha value is -1.62. The minimum absolute atomic E-state index is 0.109. The largest absolute Gasteiger partial charge is 0.399 e. The third-order valence-electron chi connectivity index (χ3n) is 2.42. The van der Waals surface area contributed by atoms with Gasteiger partial charge in [0.25, 0.3) is 0 Å². The molecule has 1 aromatic carbocycles. The van der Waals surface area contributed by atoms with Crippen molar-refractivity contribution < 1.29 is 9.18 Å². The molecule has 0 spiro atoms. The van der Waals surface area contributed by atoms with Gasteiger partial charge in [0.1, 0.15) is 5.82 Å². The molecule has 0 aromatic heterocycles. The number of likely N-dealkylation sites (N-methyl/N-ethyl adjacent to an activating group) is 1. The van der Waals surface area contributed by atoms with Crippen LogP contribution in [-0.4, -0.2) is 30.9 Å². The van der Waals surface area contributed by atoms with Gasteiger partial charge in [0.2, 0.25) is 5.91 Å². The molecule has 5 heteroatoms. The first kappa shape index (κ1) is 15.4. The van der Waals surface area contributed by atoms with Gasteiger partial charge in [0.05, 0.1) is 12.2 Å². The number of nitrogens with zero attached hydrogens (tertiary/aromatic N) is 1. The Morgan fingerprint density at radius 1 is 1.42 bits per heavy atom. The average Bonchev–Trinajstić information content (AvgIpc) is 2.20. The van der Waals surface area contributed by atoms with Crippen LogP contribution in [-0.2, 0) is 4.79 Å². The third-order valence-corrected chi connectivity index (χ3v) is 2.42. The normalized spacial score (nSPS) is 11.7. The zero-order valence-electron chi connectivity index (χ0n) is 12.0. The standard InChI is InChI=1S/C14H22FN3O/c1-14(2,3)9-18(4)8-13(19)17-12-7-10(16)5-6-11(12)15/h5-7H,8-9,16H2,1-4H3,(H,17,19). The summed E-state index contributed by atoms with van der Waals surface area (Å²) in [5.74, 6) is -0.739. The van der Waals surface area contributed by atoms with Crippen molar-refractivity contribution in [3.63, 3.8) is 0 Å². The molecule has 0 aliphatic carbocycles. The maximum absolute atomic E-state index is 13.5. The summed E-state index contributed by atoms with van der Waals surface area (Å²) in [6.07, 6.45) is 0. The first-order valence-corrected chi connectivity index (χ1v) is 6.21. The Morgan fingerprint density at radius 2 is 2.05 bits per heavy atom. The fourth-order valence-electron chi connectivity index (χ4n) is 1.94. The molecule has 106 valence electrons. The van der Waals surface area contributed by atoms with E-state index in [0.717, 1.165) is 6.54 Å². The van der Waals surface area contributed by atoms with Crippen LogP contribution in [0.5, 0.6) is 0 Å². The topological polar surface area (TPSA) is 58.4 Å². The van der Waals surface area contributed by atoms with Crippen LogP contribution in [0, 0.1) is 11.2 Å². The number of amides is 1. The lowest BCUT2D eigenvalue weighted by Gasteiger charge is -2.25. The maximum atomic E-state index is 13.5. The highest BCUT2D eigenvalue weighted by Gasteiger charge is 2.16. The molecule has 4 nitrogen and oxygen atoms in total. The fraction of sp³-hybridized carbons (Fsp3) is 0.500. The summed E-state index contributed by atoms with van der Waals surface area (Å²) >= 11 is 0. The predicted molar refractivity (Wildman–Crippen MR) is 76.4 cm³/mol. The number of halogens is 1. The van der Waals surface area contributed by atoms with E-state index in [1.54, 1.807) is 0 Å². The lowest BCUT2D eigenvalue weighted by molar-refractivity contribution is -0.117. The second-order valence-corrected chi connectivity index (χ2v) is 6.02. The number of nitrogens with one attached hydrogen (secondary N) is 1. The molecule has 1 amide bonds. The molecule has 1 aromatic rings. The Kier molecular flexibility index (Phi) is 4.89. The molecule has 0 aliphatic rings. The molecule has 1 rings (SSSR count). The number of nitrogen functional groups attached to an aromatic ring is 1. The van der Waals surface area contributed by atoms with Crippen LogP contribution in [0.15, 0.2) is 18.2 Å². The fourth-order valence-corrected chi connectivity index (χ4v) is 1.94. The monoisotopic (exact) mass is 267 g/mol. The van der Waals surface area contributed by atoms with Gasteiger partial charge in [0.15, 0.2) is 0 Å². The summed E-state index contributed by atoms with van der Waals surface area (Å²) in [5.41, 5.74) is 6.20. The van der Waals surface area contributed by atoms with Gasteiger partial charge >= 0.3 is 0 Å². The van der Waals surface area contributed by atoms with Gasteiger partial charge in [-0.15, -0.1) is 0 Å². The lowest BCUT2D eigenvalue weighted by atomic mass is 9.96. The van der Waals surface area contributed by atoms with Crippen molar-refractivity contribution in [2.45, 2.75) is 20.8 Å². The SMILES string of the molecule is CN(CC(=O)Nc1cc(N)ccc1F)CC(C)(C)C. The zero-order valence-corrected chi connectivity index (χ0v) is 12.0. The molecular weight excluding hydrogens is 245 g/mol. The van der Waals surface area contributed by atoms with Gasteiger partial charge in [-0.25, -0.2) is 4.39 Å². The van der Waals surface area contributed by atoms with E-state index in [1.807, 2.05) is 11.9 Å². The smallest absolute Gasteiger partial charge is 0.238 e. The Morgan fingerprint density at radius 3 is 2.63 bits per heavy atom. The van der Waals surface area contributed by atoms with Crippen molar-refractivity contribution in [1.29, 1.82) is 0 Å². The zero-order chi connectivity index (χ0) is 14.6. The Bertz CT molecular complexity index is 454. The van der Waals surface area contributed by atoms with Crippen LogP contribution >= 0.6 is 0 Å². The molecule has 0 heterocycles. The van der Waals surface area contributed by atoms with Gasteiger partial charge in [0, 0.05) is 12.2 Å². The molecule has 0 radical (unpaired) electrons. The van der Waals surface area contributed by atoms with Crippen LogP contribution in [0.1, 0.15) is 20.8 Å². The summed E-state index contributed by atoms with van der Waals surface area (Å²) in [5, 5.41) is 2.53. The Labute approximate surface area is 113 Å². The summed E-state index contributed by atoms with van der Waals surface area (Å²) in [6, 6.07) is 4.11. The van der Waals surface area contributed by atoms with Crippen LogP contribution in [0.4, 0.5) is 15.8 Å². The quantitative estimate of drug-likeness (QED) is 0.823. The van der Waals surface area contributed by atoms with E-state index in [9.17, 15) is 9.18 Å². The van der Waals surface area contributed by atoms with Gasteiger partial charge in [-0.05, 0) is 30.7 Å². The highest BCUT2D eigenvalue weighted by molar-refractivity contribution is 5.92. The number of hydrogen-bond acceptors (Lipinski definition) is 3. The second kappa shape index (κ2) is 6.02. The lowest BCUT2D eigenvalue weighted by Crippen LogP contribution is -2.35. The van der Waals surface area contributed by atoms with Crippen LogP contribution in [0.2, 0.25) is 0 Å². The number of anilines is 2. The summed E-state index contributed by atoms with van der Waals surface area (Å²) in [6.45, 7) is 7.28. The van der Waals surface area contributed by atoms with E-state index < -0.39 is 5.82 Å². The molecule has 3 N–H and O–H groups in total. The van der Waals surface area contributed by atoms with Crippen molar-refractivity contribution in [3.8, 4) is 0 Å². The van der Waals surface area contributed by atoms with Crippen molar-refractivity contribution in [3.05, 3.63) is 24.0 Å². The van der Waals surface area contributed by atoms with Gasteiger partial charge in [-0.2, -0.15) is 0 Å². The predicted octanol–water partition coefficient (Wildman–Crippen LogP) is 2.32. The Balaban J connectivity index is 2.58. The van der Waals surface area contributed by atoms with Crippen molar-refractivity contribution in [2.24, 2.45) is 5.41 Å². The minimum Gasteiger partial charge on any atom is -0.399 e. The van der Waals surface area contributed by atoms with E-state index >= 15 is 0 Å². The van der Waals surface area contributed by atoms with Gasteiger partial charge < -0.3 is 11.1 Å². The van der Waals surface area contributed by atoms with Crippen LogP contribution in [0.25, 0.3) is 0 Å². The molecule has 0 aliphatic heterocycles. The average molecular weight is 267 g/mol. The summed E-state index contributed by atoms with van der Waals surface area (Å²) in [4.78, 5) is 13.7. The van der Waals surface area contributed by atoms with E-state index in [0.29, 0.717) is 5.69 Å². The number of carbonyl (C=O) groups is 1. The number of carbonyl (C=O) groups excluding carboxylic acids is 1. The molecule has 0 bridgehead atoms. The third kappa shape index (κ3) is 5.70. The highest BCUT2D eigenvalue weighted by Crippen LogP contribution is 2.18. The molecule has 19 heavy (non-hydrogen) atoms. The van der Waals surface area contributed by atoms with Gasteiger partial charge in [-0.3, -0.25) is 9.69 Å². The number of hydrogen-bond donors (Lipinski definition) is 2. The maximum Gasteiger partial charge on any atom is 0.238 e. The van der Waals surface area contributed by atoms with Crippen LogP contribution in [0.3, 0.4) is 0 Å². The second-order valence-electron chi connectivity index (χ2n) is 6.02. The molecule has 0 fully saturated rings. The van der Waals surface area contributed by atoms with E-state index in [2.05, 4.69) is 26.1 Å². The molecule has 0 saturated carbocycles. The van der Waals surface area contributed by atoms with E-state index in [-0.39, 0.29) is 23.6 Å². The first-order chi connectivity index (χ1) is 8.67. The molecular formula is C14H22FN3O.